The van der Waals surface area contributed by atoms with Gasteiger partial charge in [-0.1, -0.05) is 0 Å². The Balaban J connectivity index is 1.91. The van der Waals surface area contributed by atoms with Crippen molar-refractivity contribution in [2.75, 3.05) is 37.8 Å². The van der Waals surface area contributed by atoms with Gasteiger partial charge in [-0.05, 0) is 0 Å². The number of rotatable bonds is 3. The molecule has 0 spiro atoms. The van der Waals surface area contributed by atoms with Crippen molar-refractivity contribution in [1.29, 1.82) is 0 Å². The smallest absolute Gasteiger partial charge is 0.330 e. The van der Waals surface area contributed by atoms with Crippen molar-refractivity contribution in [3.63, 3.8) is 0 Å². The molecule has 3 atom stereocenters. The molecule has 0 radical (unpaired) electrons. The van der Waals surface area contributed by atoms with Crippen LogP contribution in [-0.2, 0) is 9.47 Å². The van der Waals surface area contributed by atoms with E-state index >= 15 is 0 Å². The number of H-pyrrole nitrogens is 1. The van der Waals surface area contributed by atoms with E-state index < -0.39 is 29.7 Å². The second-order valence-corrected chi connectivity index (χ2v) is 5.40. The summed E-state index contributed by atoms with van der Waals surface area (Å²) in [6, 6.07) is 0. The summed E-state index contributed by atoms with van der Waals surface area (Å²) in [6.07, 6.45) is -0.656. The molecule has 9 nitrogen and oxygen atoms in total. The number of ether oxygens (including phenoxy) is 2. The molecule has 122 valence electrons. The predicted octanol–water partition coefficient (Wildman–Crippen LogP) is -1.99. The fourth-order valence-corrected chi connectivity index (χ4v) is 2.77. The molecule has 0 unspecified atom stereocenters. The van der Waals surface area contributed by atoms with Gasteiger partial charge in [0.1, 0.15) is 18.0 Å². The molecule has 2 saturated heterocycles. The van der Waals surface area contributed by atoms with Gasteiger partial charge >= 0.3 is 5.69 Å². The van der Waals surface area contributed by atoms with Crippen molar-refractivity contribution in [3.8, 4) is 0 Å². The zero-order valence-electron chi connectivity index (χ0n) is 12.0. The predicted molar refractivity (Wildman–Crippen MR) is 76.0 cm³/mol. The Labute approximate surface area is 125 Å². The Bertz CT molecular complexity index is 635. The number of nitrogens with zero attached hydrogens (tertiary/aromatic N) is 2. The second kappa shape index (κ2) is 6.21. The summed E-state index contributed by atoms with van der Waals surface area (Å²) in [5.41, 5.74) is -0.688. The standard InChI is InChI=1S/C13H19N3O6/c17-7-10-9(18)5-11(22-10)16-6-8(12(19)14-13(16)20)15-1-3-21-4-2-15/h6,9-11,17-18H,1-5,7H2,(H,14,19,20)/t9-,10+,11+/m1/s1. The highest BCUT2D eigenvalue weighted by Crippen LogP contribution is 2.27. The number of hydrogen-bond donors (Lipinski definition) is 3. The molecule has 2 aliphatic rings. The van der Waals surface area contributed by atoms with Gasteiger partial charge < -0.3 is 24.6 Å². The molecule has 22 heavy (non-hydrogen) atoms. The van der Waals surface area contributed by atoms with Gasteiger partial charge in [-0.15, -0.1) is 0 Å². The van der Waals surface area contributed by atoms with Crippen LogP contribution in [0.1, 0.15) is 12.6 Å². The highest BCUT2D eigenvalue weighted by molar-refractivity contribution is 5.42. The van der Waals surface area contributed by atoms with Crippen molar-refractivity contribution >= 4 is 5.69 Å². The quantitative estimate of drug-likeness (QED) is 0.591. The first-order valence-corrected chi connectivity index (χ1v) is 7.22. The number of morpholine rings is 1. The maximum absolute atomic E-state index is 12.0. The van der Waals surface area contributed by atoms with Crippen molar-refractivity contribution < 1.29 is 19.7 Å². The van der Waals surface area contributed by atoms with Crippen LogP contribution in [0.3, 0.4) is 0 Å². The van der Waals surface area contributed by atoms with Gasteiger partial charge in [0.15, 0.2) is 0 Å². The van der Waals surface area contributed by atoms with Crippen molar-refractivity contribution in [3.05, 3.63) is 27.0 Å². The maximum Gasteiger partial charge on any atom is 0.330 e. The summed E-state index contributed by atoms with van der Waals surface area (Å²) < 4.78 is 12.0. The third-order valence-corrected chi connectivity index (χ3v) is 4.00. The lowest BCUT2D eigenvalue weighted by molar-refractivity contribution is -0.0458. The number of aromatic amines is 1. The molecule has 2 fully saturated rings. The van der Waals surface area contributed by atoms with Crippen LogP contribution in [0.2, 0.25) is 0 Å². The molecule has 2 aliphatic heterocycles. The Morgan fingerprint density at radius 1 is 1.32 bits per heavy atom. The van der Waals surface area contributed by atoms with E-state index in [9.17, 15) is 14.7 Å². The first-order chi connectivity index (χ1) is 10.6. The third-order valence-electron chi connectivity index (χ3n) is 4.00. The molecule has 9 heteroatoms. The summed E-state index contributed by atoms with van der Waals surface area (Å²) in [4.78, 5) is 28.1. The molecular formula is C13H19N3O6. The highest BCUT2D eigenvalue weighted by atomic mass is 16.5. The van der Waals surface area contributed by atoms with Gasteiger partial charge in [-0.3, -0.25) is 14.3 Å². The third kappa shape index (κ3) is 2.80. The summed E-state index contributed by atoms with van der Waals surface area (Å²) in [5.74, 6) is 0. The number of nitrogens with one attached hydrogen (secondary N) is 1. The normalized spacial score (nSPS) is 29.0. The molecular weight excluding hydrogens is 294 g/mol. The van der Waals surface area contributed by atoms with Crippen LogP contribution < -0.4 is 16.1 Å². The molecule has 0 aliphatic carbocycles. The van der Waals surface area contributed by atoms with Crippen LogP contribution in [0.4, 0.5) is 5.69 Å². The number of aromatic nitrogens is 2. The molecule has 0 aromatic carbocycles. The van der Waals surface area contributed by atoms with Gasteiger partial charge in [0.25, 0.3) is 5.56 Å². The molecule has 3 rings (SSSR count). The topological polar surface area (TPSA) is 117 Å². The zero-order chi connectivity index (χ0) is 15.7. The molecule has 3 heterocycles. The largest absolute Gasteiger partial charge is 0.394 e. The lowest BCUT2D eigenvalue weighted by Crippen LogP contribution is -2.42. The number of anilines is 1. The average Bonchev–Trinajstić information content (AvgIpc) is 2.89. The fraction of sp³-hybridized carbons (Fsp3) is 0.692. The Morgan fingerprint density at radius 3 is 2.68 bits per heavy atom. The van der Waals surface area contributed by atoms with Gasteiger partial charge in [-0.2, -0.15) is 0 Å². The van der Waals surface area contributed by atoms with E-state index in [1.807, 2.05) is 4.90 Å². The summed E-state index contributed by atoms with van der Waals surface area (Å²) >= 11 is 0. The zero-order valence-corrected chi connectivity index (χ0v) is 12.0. The van der Waals surface area contributed by atoms with Crippen LogP contribution in [-0.4, -0.2) is 64.9 Å². The molecule has 1 aromatic heterocycles. The Kier molecular flexibility index (Phi) is 4.30. The average molecular weight is 313 g/mol. The molecule has 1 aromatic rings. The van der Waals surface area contributed by atoms with Gasteiger partial charge in [0.05, 0.1) is 25.9 Å². The summed E-state index contributed by atoms with van der Waals surface area (Å²) in [7, 11) is 0. The first-order valence-electron chi connectivity index (χ1n) is 7.22. The molecule has 3 N–H and O–H groups in total. The van der Waals surface area contributed by atoms with E-state index in [1.54, 1.807) is 0 Å². The number of hydrogen-bond acceptors (Lipinski definition) is 7. The second-order valence-electron chi connectivity index (χ2n) is 5.40. The minimum Gasteiger partial charge on any atom is -0.394 e. The summed E-state index contributed by atoms with van der Waals surface area (Å²) in [6.45, 7) is 1.84. The minimum absolute atomic E-state index is 0.180. The Hall–Kier alpha value is -1.68. The van der Waals surface area contributed by atoms with Crippen LogP contribution in [0.5, 0.6) is 0 Å². The monoisotopic (exact) mass is 313 g/mol. The number of aliphatic hydroxyl groups excluding tert-OH is 2. The van der Waals surface area contributed by atoms with Crippen LogP contribution in [0, 0.1) is 0 Å². The van der Waals surface area contributed by atoms with Crippen molar-refractivity contribution in [2.24, 2.45) is 0 Å². The first kappa shape index (κ1) is 15.2. The lowest BCUT2D eigenvalue weighted by atomic mass is 10.2. The van der Waals surface area contributed by atoms with Gasteiger partial charge in [0, 0.05) is 25.7 Å². The SMILES string of the molecule is O=c1[nH]c(=O)n([C@@H]2C[C@@H](O)[C@H](CO)O2)cc1N1CCOCC1. The lowest BCUT2D eigenvalue weighted by Gasteiger charge is -2.28. The van der Waals surface area contributed by atoms with E-state index in [0.717, 1.165) is 0 Å². The van der Waals surface area contributed by atoms with Crippen LogP contribution >= 0.6 is 0 Å². The molecule has 0 saturated carbocycles. The van der Waals surface area contributed by atoms with Crippen molar-refractivity contribution in [1.82, 2.24) is 9.55 Å². The van der Waals surface area contributed by atoms with Gasteiger partial charge in [0.2, 0.25) is 0 Å². The fourth-order valence-electron chi connectivity index (χ4n) is 2.77. The molecule has 0 bridgehead atoms. The number of aliphatic hydroxyl groups is 2. The highest BCUT2D eigenvalue weighted by Gasteiger charge is 2.35. The van der Waals surface area contributed by atoms with Gasteiger partial charge in [-0.25, -0.2) is 4.79 Å². The molecule has 0 amide bonds. The van der Waals surface area contributed by atoms with Crippen LogP contribution in [0.25, 0.3) is 0 Å². The summed E-state index contributed by atoms with van der Waals surface area (Å²) in [5, 5.41) is 18.9. The van der Waals surface area contributed by atoms with E-state index in [2.05, 4.69) is 4.98 Å². The van der Waals surface area contributed by atoms with E-state index in [-0.39, 0.29) is 13.0 Å². The Morgan fingerprint density at radius 2 is 2.05 bits per heavy atom. The van der Waals surface area contributed by atoms with E-state index in [0.29, 0.717) is 32.0 Å². The van der Waals surface area contributed by atoms with E-state index in [4.69, 9.17) is 14.6 Å². The minimum atomic E-state index is -0.847. The van der Waals surface area contributed by atoms with Crippen LogP contribution in [0.15, 0.2) is 15.8 Å². The van der Waals surface area contributed by atoms with Crippen molar-refractivity contribution in [2.45, 2.75) is 24.9 Å². The van der Waals surface area contributed by atoms with E-state index in [1.165, 1.54) is 10.8 Å². The maximum atomic E-state index is 12.0.